The van der Waals surface area contributed by atoms with E-state index in [0.29, 0.717) is 30.8 Å². The van der Waals surface area contributed by atoms with Crippen LogP contribution < -0.4 is 5.32 Å². The van der Waals surface area contributed by atoms with Crippen LogP contribution in [0.1, 0.15) is 36.0 Å². The number of hydrogen-bond acceptors (Lipinski definition) is 4. The van der Waals surface area contributed by atoms with Crippen molar-refractivity contribution in [3.05, 3.63) is 65.4 Å². The fourth-order valence-corrected chi connectivity index (χ4v) is 6.39. The van der Waals surface area contributed by atoms with E-state index in [1.807, 2.05) is 43.3 Å². The number of nitrogens with one attached hydrogen (secondary N) is 1. The van der Waals surface area contributed by atoms with Crippen molar-refractivity contribution in [1.29, 1.82) is 0 Å². The Kier molecular flexibility index (Phi) is 5.47. The predicted octanol–water partition coefficient (Wildman–Crippen LogP) is 4.07. The van der Waals surface area contributed by atoms with Crippen molar-refractivity contribution in [2.75, 3.05) is 18.4 Å². The average molecular weight is 450 g/mol. The molecule has 0 atom stereocenters. The summed E-state index contributed by atoms with van der Waals surface area (Å²) in [4.78, 5) is 17.7. The average Bonchev–Trinajstić information content (AvgIpc) is 3.29. The van der Waals surface area contributed by atoms with E-state index in [9.17, 15) is 13.2 Å². The quantitative estimate of drug-likeness (QED) is 0.651. The number of nitrogens with zero attached hydrogens (tertiary/aromatic N) is 2. The van der Waals surface area contributed by atoms with Gasteiger partial charge in [0.25, 0.3) is 0 Å². The van der Waals surface area contributed by atoms with E-state index in [1.54, 1.807) is 12.3 Å². The van der Waals surface area contributed by atoms with E-state index in [0.717, 1.165) is 47.0 Å². The van der Waals surface area contributed by atoms with E-state index < -0.39 is 10.0 Å². The number of carbonyl (C=O) groups excluding carboxylic acids is 1. The topological polar surface area (TPSA) is 79.4 Å². The summed E-state index contributed by atoms with van der Waals surface area (Å²) in [5.74, 6) is -0.275. The fourth-order valence-electron chi connectivity index (χ4n) is 4.87. The van der Waals surface area contributed by atoms with Crippen molar-refractivity contribution in [3.8, 4) is 0 Å². The van der Waals surface area contributed by atoms with Gasteiger partial charge in [0.1, 0.15) is 0 Å². The van der Waals surface area contributed by atoms with Crippen molar-refractivity contribution in [1.82, 2.24) is 9.29 Å². The molecule has 3 aromatic rings. The fraction of sp³-hybridized carbons (Fsp3) is 0.360. The Balaban J connectivity index is 1.27. The maximum Gasteiger partial charge on any atom is 0.243 e. The summed E-state index contributed by atoms with van der Waals surface area (Å²) >= 11 is 0. The molecule has 0 radical (unpaired) electrons. The largest absolute Gasteiger partial charge is 0.325 e. The van der Waals surface area contributed by atoms with Gasteiger partial charge in [-0.3, -0.25) is 9.78 Å². The second-order valence-electron chi connectivity index (χ2n) is 8.78. The highest BCUT2D eigenvalue weighted by Crippen LogP contribution is 2.30. The van der Waals surface area contributed by atoms with Gasteiger partial charge in [-0.15, -0.1) is 0 Å². The number of aryl methyl sites for hydroxylation is 3. The summed E-state index contributed by atoms with van der Waals surface area (Å²) in [5, 5.41) is 3.96. The number of amides is 1. The van der Waals surface area contributed by atoms with Gasteiger partial charge in [-0.2, -0.15) is 4.31 Å². The Bertz CT molecular complexity index is 1300. The Morgan fingerprint density at radius 1 is 1.06 bits per heavy atom. The summed E-state index contributed by atoms with van der Waals surface area (Å²) in [7, 11) is -3.53. The number of piperidine rings is 1. The number of benzene rings is 2. The van der Waals surface area contributed by atoms with Gasteiger partial charge < -0.3 is 5.32 Å². The highest BCUT2D eigenvalue weighted by atomic mass is 32.2. The highest BCUT2D eigenvalue weighted by molar-refractivity contribution is 7.89. The van der Waals surface area contributed by atoms with Crippen LogP contribution in [-0.4, -0.2) is 36.7 Å². The molecule has 0 unspecified atom stereocenters. The molecule has 5 rings (SSSR count). The normalized spacial score (nSPS) is 17.4. The first-order valence-corrected chi connectivity index (χ1v) is 12.6. The summed E-state index contributed by atoms with van der Waals surface area (Å²) in [6, 6.07) is 13.2. The van der Waals surface area contributed by atoms with Gasteiger partial charge in [0.15, 0.2) is 0 Å². The lowest BCUT2D eigenvalue weighted by Crippen LogP contribution is -2.41. The van der Waals surface area contributed by atoms with Crippen molar-refractivity contribution >= 4 is 32.5 Å². The molecule has 1 fully saturated rings. The maximum absolute atomic E-state index is 13.2. The minimum atomic E-state index is -3.53. The van der Waals surface area contributed by atoms with Crippen LogP contribution in [0.3, 0.4) is 0 Å². The Morgan fingerprint density at radius 2 is 1.84 bits per heavy atom. The Morgan fingerprint density at radius 3 is 2.66 bits per heavy atom. The van der Waals surface area contributed by atoms with Gasteiger partial charge in [-0.05, 0) is 86.1 Å². The molecule has 1 saturated heterocycles. The monoisotopic (exact) mass is 449 g/mol. The highest BCUT2D eigenvalue weighted by Gasteiger charge is 2.32. The molecule has 2 heterocycles. The van der Waals surface area contributed by atoms with Crippen molar-refractivity contribution < 1.29 is 13.2 Å². The van der Waals surface area contributed by atoms with Gasteiger partial charge in [0.05, 0.1) is 16.1 Å². The molecule has 2 aliphatic rings. The minimum absolute atomic E-state index is 0.0615. The molecule has 1 amide bonds. The molecule has 7 heteroatoms. The molecule has 32 heavy (non-hydrogen) atoms. The standard InChI is InChI=1S/C25H27N3O3S/c1-17-7-10-23(22-6-3-13-26-24(17)22)27-25(29)19-11-14-28(15-12-19)32(30,31)21-9-8-18-4-2-5-20(18)16-21/h3,6-10,13,16,19H,2,4-5,11-12,14-15H2,1H3,(H,27,29). The van der Waals surface area contributed by atoms with Crippen LogP contribution >= 0.6 is 0 Å². The van der Waals surface area contributed by atoms with Crippen LogP contribution in [0.4, 0.5) is 5.69 Å². The van der Waals surface area contributed by atoms with Gasteiger partial charge in [0, 0.05) is 30.6 Å². The summed E-state index contributed by atoms with van der Waals surface area (Å²) < 4.78 is 27.8. The maximum atomic E-state index is 13.2. The van der Waals surface area contributed by atoms with Crippen LogP contribution in [0.2, 0.25) is 0 Å². The van der Waals surface area contributed by atoms with Crippen LogP contribution in [0.15, 0.2) is 53.6 Å². The second kappa shape index (κ2) is 8.30. The van der Waals surface area contributed by atoms with Gasteiger partial charge in [0.2, 0.25) is 15.9 Å². The first-order chi connectivity index (χ1) is 15.4. The zero-order valence-electron chi connectivity index (χ0n) is 18.2. The lowest BCUT2D eigenvalue weighted by atomic mass is 9.97. The van der Waals surface area contributed by atoms with E-state index in [1.165, 1.54) is 9.87 Å². The van der Waals surface area contributed by atoms with Gasteiger partial charge in [-0.25, -0.2) is 8.42 Å². The number of carbonyl (C=O) groups is 1. The number of rotatable bonds is 4. The van der Waals surface area contributed by atoms with Crippen LogP contribution in [0.5, 0.6) is 0 Å². The molecule has 1 aliphatic carbocycles. The zero-order chi connectivity index (χ0) is 22.3. The third-order valence-corrected chi connectivity index (χ3v) is 8.66. The van der Waals surface area contributed by atoms with Gasteiger partial charge >= 0.3 is 0 Å². The lowest BCUT2D eigenvalue weighted by Gasteiger charge is -2.30. The third kappa shape index (κ3) is 3.80. The minimum Gasteiger partial charge on any atom is -0.325 e. The van der Waals surface area contributed by atoms with E-state index in [4.69, 9.17) is 0 Å². The van der Waals surface area contributed by atoms with Crippen LogP contribution in [-0.2, 0) is 27.7 Å². The number of anilines is 1. The molecule has 1 N–H and O–H groups in total. The molecular weight excluding hydrogens is 422 g/mol. The third-order valence-electron chi connectivity index (χ3n) is 6.76. The van der Waals surface area contributed by atoms with E-state index in [-0.39, 0.29) is 11.8 Å². The number of hydrogen-bond donors (Lipinski definition) is 1. The molecule has 0 bridgehead atoms. The van der Waals surface area contributed by atoms with Crippen molar-refractivity contribution in [3.63, 3.8) is 0 Å². The predicted molar refractivity (Wildman–Crippen MR) is 125 cm³/mol. The van der Waals surface area contributed by atoms with E-state index in [2.05, 4.69) is 10.3 Å². The number of sulfonamides is 1. The molecule has 6 nitrogen and oxygen atoms in total. The summed E-state index contributed by atoms with van der Waals surface area (Å²) in [6.07, 6.45) is 5.84. The van der Waals surface area contributed by atoms with Crippen LogP contribution in [0.25, 0.3) is 10.9 Å². The lowest BCUT2D eigenvalue weighted by molar-refractivity contribution is -0.120. The first kappa shape index (κ1) is 21.1. The molecule has 166 valence electrons. The Labute approximate surface area is 188 Å². The van der Waals surface area contributed by atoms with Crippen LogP contribution in [0, 0.1) is 12.8 Å². The van der Waals surface area contributed by atoms with Gasteiger partial charge in [-0.1, -0.05) is 12.1 Å². The summed E-state index contributed by atoms with van der Waals surface area (Å²) in [6.45, 7) is 2.71. The number of fused-ring (bicyclic) bond motifs is 2. The molecule has 1 aliphatic heterocycles. The SMILES string of the molecule is Cc1ccc(NC(=O)C2CCN(S(=O)(=O)c3ccc4c(c3)CCC4)CC2)c2cccnc12. The molecule has 0 saturated carbocycles. The molecular formula is C25H27N3O3S. The molecule has 0 spiro atoms. The Hall–Kier alpha value is -2.77. The number of pyridine rings is 1. The summed E-state index contributed by atoms with van der Waals surface area (Å²) in [5.41, 5.74) is 5.10. The molecule has 1 aromatic heterocycles. The first-order valence-electron chi connectivity index (χ1n) is 11.2. The smallest absolute Gasteiger partial charge is 0.243 e. The van der Waals surface area contributed by atoms with Crippen molar-refractivity contribution in [2.24, 2.45) is 5.92 Å². The second-order valence-corrected chi connectivity index (χ2v) is 10.7. The zero-order valence-corrected chi connectivity index (χ0v) is 19.0. The number of aromatic nitrogens is 1. The van der Waals surface area contributed by atoms with Crippen molar-refractivity contribution in [2.45, 2.75) is 43.9 Å². The van der Waals surface area contributed by atoms with E-state index >= 15 is 0 Å². The molecule has 2 aromatic carbocycles.